The van der Waals surface area contributed by atoms with Crippen LogP contribution < -0.4 is 97.8 Å². The fraction of sp³-hybridized carbons (Fsp3) is 0.532. The predicted molar refractivity (Wildman–Crippen MR) is 433 cm³/mol. The predicted octanol–water partition coefficient (Wildman–Crippen LogP) is -3.43. The Balaban J connectivity index is 1.35. The highest BCUT2D eigenvalue weighted by Gasteiger charge is 2.39. The molecule has 0 fully saturated rings. The lowest BCUT2D eigenvalue weighted by molar-refractivity contribution is -0.138. The molecule has 5 rings (SSSR count). The minimum atomic E-state index is -1.86. The molecule has 28 N–H and O–H groups in total. The zero-order valence-electron chi connectivity index (χ0n) is 67.1. The van der Waals surface area contributed by atoms with Crippen molar-refractivity contribution in [2.75, 3.05) is 39.3 Å². The Kier molecular flexibility index (Phi) is 40.5. The van der Waals surface area contributed by atoms with Crippen molar-refractivity contribution in [2.24, 2.45) is 40.5 Å². The van der Waals surface area contributed by atoms with Crippen LogP contribution in [0, 0.1) is 11.8 Å². The number of unbranched alkanes of at least 4 members (excludes halogenated alkanes) is 2. The van der Waals surface area contributed by atoms with Gasteiger partial charge in [0, 0.05) is 59.9 Å². The summed E-state index contributed by atoms with van der Waals surface area (Å²) in [4.78, 5) is 213. The van der Waals surface area contributed by atoms with Crippen LogP contribution >= 0.6 is 0 Å². The van der Waals surface area contributed by atoms with Crippen molar-refractivity contribution in [3.8, 4) is 5.75 Å². The van der Waals surface area contributed by atoms with E-state index in [1.165, 1.54) is 31.2 Å². The Morgan fingerprint density at radius 3 is 1.32 bits per heavy atom. The number of nitrogens with two attached hydrogens (primary N) is 5. The Hall–Kier alpha value is -11.6. The largest absolute Gasteiger partial charge is 0.508 e. The van der Waals surface area contributed by atoms with Gasteiger partial charge in [-0.2, -0.15) is 0 Å². The van der Waals surface area contributed by atoms with Crippen LogP contribution in [-0.2, 0) is 91.2 Å². The van der Waals surface area contributed by atoms with E-state index in [1.54, 1.807) is 74.8 Å². The monoisotopic (exact) mass is 1630 g/mol. The lowest BCUT2D eigenvalue weighted by Crippen LogP contribution is -2.63. The summed E-state index contributed by atoms with van der Waals surface area (Å²) in [5.41, 5.74) is 31.1. The van der Waals surface area contributed by atoms with Gasteiger partial charge in [-0.15, -0.1) is 0 Å². The number of aliphatic hydroxyl groups excluding tert-OH is 2. The summed E-state index contributed by atoms with van der Waals surface area (Å²) in [6.45, 7) is 7.72. The van der Waals surface area contributed by atoms with E-state index in [1.807, 2.05) is 0 Å². The van der Waals surface area contributed by atoms with Crippen LogP contribution in [-0.4, -0.2) is 226 Å². The van der Waals surface area contributed by atoms with Crippen molar-refractivity contribution < 1.29 is 87.2 Å². The molecule has 38 nitrogen and oxygen atoms in total. The first-order valence-electron chi connectivity index (χ1n) is 39.4. The second-order valence-electron chi connectivity index (χ2n) is 29.5. The number of carbonyl (C=O) groups is 15. The molecular weight excluding hydrogens is 1520 g/mol. The lowest BCUT2D eigenvalue weighted by Gasteiger charge is -2.30. The smallest absolute Gasteiger partial charge is 0.245 e. The second kappa shape index (κ2) is 49.3. The van der Waals surface area contributed by atoms with Gasteiger partial charge in [-0.05, 0) is 131 Å². The first-order chi connectivity index (χ1) is 55.7. The molecule has 0 radical (unpaired) electrons. The van der Waals surface area contributed by atoms with E-state index >= 15 is 0 Å². The van der Waals surface area contributed by atoms with Crippen molar-refractivity contribution in [2.45, 2.75) is 217 Å². The van der Waals surface area contributed by atoms with Gasteiger partial charge >= 0.3 is 0 Å². The van der Waals surface area contributed by atoms with Crippen LogP contribution in [0.15, 0.2) is 85.2 Å². The van der Waals surface area contributed by atoms with Crippen LogP contribution in [0.25, 0.3) is 21.8 Å². The molecule has 2 heterocycles. The standard InChI is InChI=1S/C79H118N20O18/c1-7-44(4)67(78(116)97-61(37-63(83)103)73(111)89-45(5)69(107)87-40-64(84)104)98-79(117)68(46(6)101)99-76(114)60(36-49-39-86-54-22-14-12-20-52(49)54)95-71(109)56(24-16-32-81)90-66(106)41-88-70(108)55(23-15-31-80)92-72(110)57(25-17-33-82)93-75(113)59(35-48-38-85-53-21-13-11-19-51(48)53)96-74(112)58(34-47-27-29-50(102)30-28-47)94-77(115)62(42-100)91-65(105)26-10-8-9-18-43(2)3/h11-14,19-22,27-30,38-39,43-46,55-62,67-68,85-86,100-102H,7-10,15-18,23-26,31-37,40-42,80-82H2,1-6H3,(H2,83,103)(H2,84,104)(H,87,107)(H,88,108)(H,89,111)(H,90,106)(H,91,105)(H,92,110)(H,93,113)(H,94,115)(H,95,109)(H,96,112)(H,97,116)(H,98,117)(H,99,114)/t44-,45-,46+,55-,56+,57+,58+,59+,60-,61-,62+,67-,68-/m0/s1. The molecule has 5 aromatic rings. The third kappa shape index (κ3) is 32.2. The zero-order valence-corrected chi connectivity index (χ0v) is 67.1. The molecule has 0 aliphatic heterocycles. The maximum Gasteiger partial charge on any atom is 0.245 e. The fourth-order valence-corrected chi connectivity index (χ4v) is 12.7. The Morgan fingerprint density at radius 1 is 0.410 bits per heavy atom. The van der Waals surface area contributed by atoms with Crippen molar-refractivity contribution in [3.05, 3.63) is 102 Å². The van der Waals surface area contributed by atoms with E-state index < -0.39 is 193 Å². The minimum absolute atomic E-state index is 0.0124. The first-order valence-corrected chi connectivity index (χ1v) is 39.4. The Bertz CT molecular complexity index is 4170. The summed E-state index contributed by atoms with van der Waals surface area (Å²) in [5, 5.41) is 65.9. The number of phenols is 1. The second-order valence-corrected chi connectivity index (χ2v) is 29.5. The highest BCUT2D eigenvalue weighted by molar-refractivity contribution is 6.01. The number of phenolic OH excluding ortho intramolecular Hbond substituents is 1. The van der Waals surface area contributed by atoms with Crippen LogP contribution in [0.4, 0.5) is 0 Å². The number of amides is 15. The molecule has 0 saturated carbocycles. The van der Waals surface area contributed by atoms with E-state index in [2.05, 4.69) is 92.9 Å². The molecule has 0 unspecified atom stereocenters. The van der Waals surface area contributed by atoms with Crippen molar-refractivity contribution >= 4 is 110 Å². The van der Waals surface area contributed by atoms with Crippen LogP contribution in [0.5, 0.6) is 5.75 Å². The van der Waals surface area contributed by atoms with Crippen molar-refractivity contribution in [1.82, 2.24) is 79.1 Å². The molecule has 2 aromatic heterocycles. The van der Waals surface area contributed by atoms with E-state index in [0.717, 1.165) is 26.2 Å². The van der Waals surface area contributed by atoms with Gasteiger partial charge in [0.05, 0.1) is 32.2 Å². The molecule has 0 aliphatic carbocycles. The Labute approximate surface area is 678 Å². The van der Waals surface area contributed by atoms with E-state index in [0.29, 0.717) is 50.8 Å². The summed E-state index contributed by atoms with van der Waals surface area (Å²) in [6.07, 6.45) is 3.64. The molecule has 642 valence electrons. The SMILES string of the molecule is CC[C@H](C)[C@H](NC(=O)[C@@H](NC(=O)[C@H](Cc1c[nH]c2ccccc12)NC(=O)[C@@H](CCCN)NC(=O)CNC(=O)[C@H](CCCN)NC(=O)[C@@H](CCCN)NC(=O)[C@@H](Cc1c[nH]c2ccccc12)NC(=O)[C@@H](Cc1ccc(O)cc1)NC(=O)[C@@H](CO)NC(=O)CCCCCC(C)C)[C@@H](C)O)C(=O)N[C@@H](CC(N)=O)C(=O)N[C@@H](C)C(=O)NCC(N)=O. The molecule has 117 heavy (non-hydrogen) atoms. The summed E-state index contributed by atoms with van der Waals surface area (Å²) in [5.74, 6) is -14.2. The number of aromatic amines is 2. The van der Waals surface area contributed by atoms with Crippen LogP contribution in [0.1, 0.15) is 142 Å². The van der Waals surface area contributed by atoms with Gasteiger partial charge in [-0.25, -0.2) is 0 Å². The van der Waals surface area contributed by atoms with Gasteiger partial charge in [0.15, 0.2) is 0 Å². The van der Waals surface area contributed by atoms with Crippen molar-refractivity contribution in [1.29, 1.82) is 0 Å². The van der Waals surface area contributed by atoms with Gasteiger partial charge in [-0.1, -0.05) is 102 Å². The highest BCUT2D eigenvalue weighted by atomic mass is 16.3. The third-order valence-corrected chi connectivity index (χ3v) is 19.5. The maximum absolute atomic E-state index is 15.0. The van der Waals surface area contributed by atoms with E-state index in [4.69, 9.17) is 28.7 Å². The molecule has 15 amide bonds. The number of primary amides is 2. The number of H-pyrrole nitrogens is 2. The van der Waals surface area contributed by atoms with E-state index in [9.17, 15) is 87.2 Å². The third-order valence-electron chi connectivity index (χ3n) is 19.5. The Morgan fingerprint density at radius 2 is 0.838 bits per heavy atom. The molecule has 0 spiro atoms. The number of aromatic hydroxyl groups is 1. The maximum atomic E-state index is 15.0. The molecule has 3 aromatic carbocycles. The quantitative estimate of drug-likeness (QED) is 0.0169. The van der Waals surface area contributed by atoms with E-state index in [-0.39, 0.29) is 96.0 Å². The van der Waals surface area contributed by atoms with Gasteiger partial charge in [0.25, 0.3) is 0 Å². The zero-order chi connectivity index (χ0) is 86.4. The molecule has 38 heteroatoms. The molecule has 0 bridgehead atoms. The van der Waals surface area contributed by atoms with Crippen LogP contribution in [0.2, 0.25) is 0 Å². The molecule has 0 saturated heterocycles. The number of aromatic nitrogens is 2. The first kappa shape index (κ1) is 96.0. The van der Waals surface area contributed by atoms with Crippen LogP contribution in [0.3, 0.4) is 0 Å². The van der Waals surface area contributed by atoms with Gasteiger partial charge in [-0.3, -0.25) is 71.9 Å². The molecule has 0 aliphatic rings. The number of para-hydroxylation sites is 2. The summed E-state index contributed by atoms with van der Waals surface area (Å²) in [6, 6.07) is 3.12. The summed E-state index contributed by atoms with van der Waals surface area (Å²) < 4.78 is 0. The number of hydrogen-bond acceptors (Lipinski definition) is 21. The number of rotatable bonds is 53. The highest BCUT2D eigenvalue weighted by Crippen LogP contribution is 2.23. The number of benzene rings is 3. The lowest BCUT2D eigenvalue weighted by atomic mass is 9.96. The average molecular weight is 1640 g/mol. The van der Waals surface area contributed by atoms with Gasteiger partial charge in [0.1, 0.15) is 72.2 Å². The number of nitrogens with one attached hydrogen (secondary N) is 15. The molecule has 13 atom stereocenters. The number of aliphatic hydroxyl groups is 2. The summed E-state index contributed by atoms with van der Waals surface area (Å²) in [7, 11) is 0. The van der Waals surface area contributed by atoms with Crippen molar-refractivity contribution in [3.63, 3.8) is 0 Å². The summed E-state index contributed by atoms with van der Waals surface area (Å²) >= 11 is 0. The number of fused-ring (bicyclic) bond motifs is 2. The van der Waals surface area contributed by atoms with Gasteiger partial charge < -0.3 is 123 Å². The van der Waals surface area contributed by atoms with Gasteiger partial charge in [0.2, 0.25) is 88.6 Å². The minimum Gasteiger partial charge on any atom is -0.508 e. The average Bonchev–Trinajstić information content (AvgIpc) is 1.65. The fourth-order valence-electron chi connectivity index (χ4n) is 12.7. The number of carbonyl (C=O) groups excluding carboxylic acids is 15. The number of hydrogen-bond donors (Lipinski definition) is 23. The normalized spacial score (nSPS) is 14.6. The topological polar surface area (TPSA) is 635 Å². The molecular formula is C79H118N20O18.